The maximum absolute atomic E-state index is 12.1. The SMILES string of the molecule is CC[C@H](C)N(C)CCNC(=O)[C@@H]1COc2ccccc2O1. The minimum absolute atomic E-state index is 0.123. The van der Waals surface area contributed by atoms with Crippen LogP contribution in [0.4, 0.5) is 0 Å². The lowest BCUT2D eigenvalue weighted by Crippen LogP contribution is -2.46. The Morgan fingerprint density at radius 1 is 1.43 bits per heavy atom. The molecule has 5 nitrogen and oxygen atoms in total. The van der Waals surface area contributed by atoms with Crippen molar-refractivity contribution in [3.05, 3.63) is 24.3 Å². The molecular formula is C16H24N2O3. The molecule has 0 saturated carbocycles. The fourth-order valence-electron chi connectivity index (χ4n) is 2.15. The number of likely N-dealkylation sites (N-methyl/N-ethyl adjacent to an activating group) is 1. The molecule has 0 radical (unpaired) electrons. The van der Waals surface area contributed by atoms with Crippen LogP contribution in [0.1, 0.15) is 20.3 Å². The van der Waals surface area contributed by atoms with Crippen molar-refractivity contribution in [3.63, 3.8) is 0 Å². The van der Waals surface area contributed by atoms with E-state index in [9.17, 15) is 4.79 Å². The van der Waals surface area contributed by atoms with Crippen molar-refractivity contribution in [2.24, 2.45) is 0 Å². The topological polar surface area (TPSA) is 50.8 Å². The predicted molar refractivity (Wildman–Crippen MR) is 81.7 cm³/mol. The number of benzene rings is 1. The molecule has 0 spiro atoms. The second-order valence-corrected chi connectivity index (χ2v) is 5.39. The molecule has 0 saturated heterocycles. The lowest BCUT2D eigenvalue weighted by Gasteiger charge is -2.27. The number of hydrogen-bond donors (Lipinski definition) is 1. The highest BCUT2D eigenvalue weighted by atomic mass is 16.6. The Labute approximate surface area is 126 Å². The van der Waals surface area contributed by atoms with Gasteiger partial charge in [-0.25, -0.2) is 0 Å². The normalized spacial score (nSPS) is 18.4. The highest BCUT2D eigenvalue weighted by Gasteiger charge is 2.26. The minimum Gasteiger partial charge on any atom is -0.485 e. The third-order valence-corrected chi connectivity index (χ3v) is 3.91. The van der Waals surface area contributed by atoms with E-state index in [0.717, 1.165) is 13.0 Å². The molecule has 1 heterocycles. The lowest BCUT2D eigenvalue weighted by molar-refractivity contribution is -0.130. The van der Waals surface area contributed by atoms with Crippen molar-refractivity contribution in [1.29, 1.82) is 0 Å². The molecule has 1 aliphatic rings. The summed E-state index contributed by atoms with van der Waals surface area (Å²) in [5, 5.41) is 2.91. The number of carbonyl (C=O) groups is 1. The van der Waals surface area contributed by atoms with Crippen molar-refractivity contribution in [3.8, 4) is 11.5 Å². The van der Waals surface area contributed by atoms with Crippen LogP contribution in [-0.4, -0.2) is 49.7 Å². The minimum atomic E-state index is -0.575. The molecule has 0 bridgehead atoms. The molecule has 0 aliphatic carbocycles. The summed E-state index contributed by atoms with van der Waals surface area (Å²) in [5.41, 5.74) is 0. The average Bonchev–Trinajstić information content (AvgIpc) is 2.53. The smallest absolute Gasteiger partial charge is 0.264 e. The van der Waals surface area contributed by atoms with Gasteiger partial charge in [0.1, 0.15) is 6.61 Å². The molecule has 5 heteroatoms. The number of nitrogens with one attached hydrogen (secondary N) is 1. The third-order valence-electron chi connectivity index (χ3n) is 3.91. The third kappa shape index (κ3) is 4.11. The van der Waals surface area contributed by atoms with Crippen LogP contribution in [0.25, 0.3) is 0 Å². The van der Waals surface area contributed by atoms with E-state index in [1.807, 2.05) is 24.3 Å². The van der Waals surface area contributed by atoms with Gasteiger partial charge < -0.3 is 19.7 Å². The van der Waals surface area contributed by atoms with Crippen molar-refractivity contribution in [2.75, 3.05) is 26.7 Å². The summed E-state index contributed by atoms with van der Waals surface area (Å²) in [4.78, 5) is 14.3. The number of ether oxygens (including phenoxy) is 2. The van der Waals surface area contributed by atoms with Crippen molar-refractivity contribution in [2.45, 2.75) is 32.4 Å². The molecule has 0 unspecified atom stereocenters. The van der Waals surface area contributed by atoms with E-state index in [4.69, 9.17) is 9.47 Å². The molecule has 2 atom stereocenters. The summed E-state index contributed by atoms with van der Waals surface area (Å²) >= 11 is 0. The molecule has 116 valence electrons. The van der Waals surface area contributed by atoms with Crippen molar-refractivity contribution < 1.29 is 14.3 Å². The molecule has 1 aliphatic heterocycles. The first-order chi connectivity index (χ1) is 10.1. The summed E-state index contributed by atoms with van der Waals surface area (Å²) in [7, 11) is 2.07. The van der Waals surface area contributed by atoms with Crippen LogP contribution in [0.2, 0.25) is 0 Å². The van der Waals surface area contributed by atoms with Gasteiger partial charge in [-0.15, -0.1) is 0 Å². The number of nitrogens with zero attached hydrogens (tertiary/aromatic N) is 1. The predicted octanol–water partition coefficient (Wildman–Crippen LogP) is 1.67. The van der Waals surface area contributed by atoms with E-state index >= 15 is 0 Å². The first kappa shape index (κ1) is 15.6. The van der Waals surface area contributed by atoms with Crippen LogP contribution in [0, 0.1) is 0 Å². The summed E-state index contributed by atoms with van der Waals surface area (Å²) < 4.78 is 11.2. The Bertz CT molecular complexity index is 478. The second kappa shape index (κ2) is 7.31. The molecule has 1 amide bonds. The monoisotopic (exact) mass is 292 g/mol. The fraction of sp³-hybridized carbons (Fsp3) is 0.562. The largest absolute Gasteiger partial charge is 0.485 e. The van der Waals surface area contributed by atoms with Gasteiger partial charge in [0.15, 0.2) is 11.5 Å². The summed E-state index contributed by atoms with van der Waals surface area (Å²) in [6.07, 6.45) is 0.523. The zero-order valence-corrected chi connectivity index (χ0v) is 13.0. The van der Waals surface area contributed by atoms with Crippen molar-refractivity contribution >= 4 is 5.91 Å². The lowest BCUT2D eigenvalue weighted by atomic mass is 10.2. The molecule has 0 fully saturated rings. The van der Waals surface area contributed by atoms with E-state index in [2.05, 4.69) is 31.1 Å². The van der Waals surface area contributed by atoms with Gasteiger partial charge in [0, 0.05) is 19.1 Å². The average molecular weight is 292 g/mol. The molecule has 1 aromatic carbocycles. The zero-order chi connectivity index (χ0) is 15.2. The first-order valence-corrected chi connectivity index (χ1v) is 7.48. The zero-order valence-electron chi connectivity index (χ0n) is 13.0. The molecule has 21 heavy (non-hydrogen) atoms. The van der Waals surface area contributed by atoms with Crippen molar-refractivity contribution in [1.82, 2.24) is 10.2 Å². The highest BCUT2D eigenvalue weighted by Crippen LogP contribution is 2.30. The van der Waals surface area contributed by atoms with Gasteiger partial charge in [-0.05, 0) is 32.5 Å². The van der Waals surface area contributed by atoms with Crippen LogP contribution in [-0.2, 0) is 4.79 Å². The van der Waals surface area contributed by atoms with Crippen LogP contribution in [0.3, 0.4) is 0 Å². The van der Waals surface area contributed by atoms with E-state index in [-0.39, 0.29) is 12.5 Å². The van der Waals surface area contributed by atoms with Gasteiger partial charge in [0.25, 0.3) is 5.91 Å². The van der Waals surface area contributed by atoms with Gasteiger partial charge in [-0.3, -0.25) is 4.79 Å². The number of carbonyl (C=O) groups excluding carboxylic acids is 1. The Morgan fingerprint density at radius 3 is 2.86 bits per heavy atom. The van der Waals surface area contributed by atoms with E-state index in [1.165, 1.54) is 0 Å². The van der Waals surface area contributed by atoms with Crippen LogP contribution in [0.5, 0.6) is 11.5 Å². The highest BCUT2D eigenvalue weighted by molar-refractivity contribution is 5.81. The molecule has 1 aromatic rings. The molecule has 1 N–H and O–H groups in total. The second-order valence-electron chi connectivity index (χ2n) is 5.39. The quantitative estimate of drug-likeness (QED) is 0.866. The van der Waals surface area contributed by atoms with E-state index < -0.39 is 6.10 Å². The number of fused-ring (bicyclic) bond motifs is 1. The number of para-hydroxylation sites is 2. The van der Waals surface area contributed by atoms with E-state index in [1.54, 1.807) is 0 Å². The van der Waals surface area contributed by atoms with Gasteiger partial charge in [0.05, 0.1) is 0 Å². The number of rotatable bonds is 6. The summed E-state index contributed by atoms with van der Waals surface area (Å²) in [5.74, 6) is 1.20. The maximum Gasteiger partial charge on any atom is 0.264 e. The van der Waals surface area contributed by atoms with E-state index in [0.29, 0.717) is 24.1 Å². The Hall–Kier alpha value is -1.75. The summed E-state index contributed by atoms with van der Waals surface area (Å²) in [6, 6.07) is 7.91. The number of hydrogen-bond acceptors (Lipinski definition) is 4. The molecule has 2 rings (SSSR count). The van der Waals surface area contributed by atoms with Gasteiger partial charge in [-0.2, -0.15) is 0 Å². The molecule has 0 aromatic heterocycles. The Kier molecular flexibility index (Phi) is 5.44. The standard InChI is InChI=1S/C16H24N2O3/c1-4-12(2)18(3)10-9-17-16(19)15-11-20-13-7-5-6-8-14(13)21-15/h5-8,12,15H,4,9-11H2,1-3H3,(H,17,19)/t12-,15-/m0/s1. The van der Waals surface area contributed by atoms with Gasteiger partial charge in [0.2, 0.25) is 6.10 Å². The Balaban J connectivity index is 1.77. The summed E-state index contributed by atoms with van der Waals surface area (Å²) in [6.45, 7) is 6.03. The van der Waals surface area contributed by atoms with Crippen LogP contribution in [0.15, 0.2) is 24.3 Å². The van der Waals surface area contributed by atoms with Gasteiger partial charge in [-0.1, -0.05) is 19.1 Å². The number of amides is 1. The van der Waals surface area contributed by atoms with Gasteiger partial charge >= 0.3 is 0 Å². The van der Waals surface area contributed by atoms with Crippen LogP contribution >= 0.6 is 0 Å². The Morgan fingerprint density at radius 2 is 2.14 bits per heavy atom. The first-order valence-electron chi connectivity index (χ1n) is 7.48. The fourth-order valence-corrected chi connectivity index (χ4v) is 2.15. The van der Waals surface area contributed by atoms with Crippen LogP contribution < -0.4 is 14.8 Å². The molecular weight excluding hydrogens is 268 g/mol. The maximum atomic E-state index is 12.1.